The molecule has 0 radical (unpaired) electrons. The predicted molar refractivity (Wildman–Crippen MR) is 279 cm³/mol. The fraction of sp³-hybridized carbons (Fsp3) is 0.442. The second kappa shape index (κ2) is 23.0. The zero-order chi connectivity index (χ0) is 52.8. The smallest absolute Gasteiger partial charge is 0.336 e. The maximum atomic E-state index is 14.3. The van der Waals surface area contributed by atoms with E-state index in [9.17, 15) is 34.5 Å². The van der Waals surface area contributed by atoms with Gasteiger partial charge in [0.2, 0.25) is 29.7 Å². The zero-order valence-corrected chi connectivity index (χ0v) is 42.4. The Morgan fingerprint density at radius 1 is 0.760 bits per heavy atom. The number of aliphatic hydroxyl groups excluding tert-OH is 1. The second-order valence-corrected chi connectivity index (χ2v) is 19.3. The van der Waals surface area contributed by atoms with Gasteiger partial charge in [-0.1, -0.05) is 43.7 Å². The first-order valence-corrected chi connectivity index (χ1v) is 25.6. The number of aromatic hydroxyl groups is 1. The summed E-state index contributed by atoms with van der Waals surface area (Å²) in [5.41, 5.74) is 8.91. The summed E-state index contributed by atoms with van der Waals surface area (Å²) in [6.07, 6.45) is 8.83. The third-order valence-corrected chi connectivity index (χ3v) is 13.8. The molecule has 0 saturated carbocycles. The van der Waals surface area contributed by atoms with E-state index in [2.05, 4.69) is 32.9 Å². The molecule has 2 fully saturated rings. The lowest BCUT2D eigenvalue weighted by atomic mass is 9.90. The van der Waals surface area contributed by atoms with Gasteiger partial charge >= 0.3 is 5.97 Å². The van der Waals surface area contributed by atoms with Crippen molar-refractivity contribution in [2.45, 2.75) is 77.8 Å². The molecule has 6 N–H and O–H groups in total. The molecule has 2 amide bonds. The van der Waals surface area contributed by atoms with E-state index in [0.29, 0.717) is 117 Å². The molecule has 2 aromatic carbocycles. The highest BCUT2D eigenvalue weighted by Gasteiger charge is 2.34. The third-order valence-electron chi connectivity index (χ3n) is 13.8. The van der Waals surface area contributed by atoms with Crippen molar-refractivity contribution in [3.63, 3.8) is 0 Å². The number of carbonyl (C=O) groups is 3. The topological polar surface area (TPSA) is 293 Å². The Morgan fingerprint density at radius 2 is 1.41 bits per heavy atom. The summed E-state index contributed by atoms with van der Waals surface area (Å²) in [7, 11) is 0. The SMILES string of the molecule is CCCCc1cn([C@@H](CCCCN)C(=O)N2CCN(c3nc(Nc4ccc(-c5c6ccc(=O)cc-6oc6cc(O)ccc56)c(C(=O)O)c4)nc(N4CCN(C(=O)[C@H](C(C)C)n5cc(CCO)nn5)CC4)n3)CC2)nn1. The number of unbranched alkanes of at least 4 members (excludes halogenated alkanes) is 2. The number of rotatable bonds is 20. The molecule has 3 aromatic heterocycles. The van der Waals surface area contributed by atoms with Crippen molar-refractivity contribution in [1.82, 2.24) is 54.7 Å². The Morgan fingerprint density at radius 3 is 2.07 bits per heavy atom. The lowest BCUT2D eigenvalue weighted by molar-refractivity contribution is -0.137. The van der Waals surface area contributed by atoms with E-state index in [1.165, 1.54) is 30.3 Å². The number of nitrogens with zero attached hydrogens (tertiary/aromatic N) is 13. The molecule has 1 aliphatic carbocycles. The lowest BCUT2D eigenvalue weighted by Crippen LogP contribution is -2.52. The van der Waals surface area contributed by atoms with Crippen molar-refractivity contribution < 1.29 is 34.1 Å². The van der Waals surface area contributed by atoms with Gasteiger partial charge in [0, 0.05) is 112 Å². The van der Waals surface area contributed by atoms with E-state index >= 15 is 0 Å². The molecule has 4 aliphatic rings. The quantitative estimate of drug-likeness (QED) is 0.0518. The van der Waals surface area contributed by atoms with Crippen molar-refractivity contribution in [2.24, 2.45) is 11.7 Å². The van der Waals surface area contributed by atoms with E-state index in [1.54, 1.807) is 44.7 Å². The fourth-order valence-electron chi connectivity index (χ4n) is 9.81. The summed E-state index contributed by atoms with van der Waals surface area (Å²) in [5, 5.41) is 51.4. The van der Waals surface area contributed by atoms with Gasteiger partial charge in [-0.2, -0.15) is 15.0 Å². The van der Waals surface area contributed by atoms with Crippen molar-refractivity contribution in [3.05, 3.63) is 94.2 Å². The number of carboxylic acids is 1. The Hall–Kier alpha value is -8.05. The molecule has 6 heterocycles. The van der Waals surface area contributed by atoms with Crippen LogP contribution in [0.25, 0.3) is 33.4 Å². The second-order valence-electron chi connectivity index (χ2n) is 19.3. The highest BCUT2D eigenvalue weighted by molar-refractivity contribution is 6.08. The number of aromatic nitrogens is 9. The van der Waals surface area contributed by atoms with Gasteiger partial charge in [0.05, 0.1) is 17.0 Å². The number of piperazine rings is 2. The number of fused-ring (bicyclic) bond motifs is 2. The molecule has 9 rings (SSSR count). The molecule has 5 aromatic rings. The molecule has 394 valence electrons. The minimum absolute atomic E-state index is 0.0456. The number of carboxylic acid groups (broad SMARTS) is 1. The molecule has 23 nitrogen and oxygen atoms in total. The number of carbonyl (C=O) groups excluding carboxylic acids is 2. The van der Waals surface area contributed by atoms with Crippen LogP contribution < -0.4 is 26.3 Å². The number of anilines is 4. The first-order valence-electron chi connectivity index (χ1n) is 25.6. The average Bonchev–Trinajstić information content (AvgIpc) is 4.08. The number of nitrogens with one attached hydrogen (secondary N) is 1. The van der Waals surface area contributed by atoms with E-state index in [-0.39, 0.29) is 58.4 Å². The van der Waals surface area contributed by atoms with Gasteiger partial charge in [-0.25, -0.2) is 14.2 Å². The van der Waals surface area contributed by atoms with Crippen molar-refractivity contribution in [2.75, 3.05) is 80.6 Å². The standard InChI is InChI=1S/C52H63N15O8/c1-4-5-8-34-30-66(60-58-34)42(9-6-7-17-53)47(71)62-18-22-64(23-19-62)51-55-50(56-52(57-51)65-24-20-63(21-25-65)48(72)46(32(2)3)67-31-35(16-26-68)59-61-67)54-33-10-13-38(41(27-33)49(73)74)45-39-14-11-36(69)28-43(39)75-44-29-37(70)12-15-40(44)45/h10-15,27-32,42,46,68-69H,4-9,16-26,53H2,1-3H3,(H,73,74)(H,54,55,56,57)/t42-,46-/m0/s1. The number of phenolic OH excluding ortho intramolecular Hbond substituents is 1. The zero-order valence-electron chi connectivity index (χ0n) is 42.4. The van der Waals surface area contributed by atoms with E-state index in [0.717, 1.165) is 37.8 Å². The summed E-state index contributed by atoms with van der Waals surface area (Å²) in [6.45, 7) is 9.54. The minimum Gasteiger partial charge on any atom is -0.508 e. The molecule has 0 bridgehead atoms. The predicted octanol–water partition coefficient (Wildman–Crippen LogP) is 4.52. The summed E-state index contributed by atoms with van der Waals surface area (Å²) >= 11 is 0. The fourth-order valence-corrected chi connectivity index (χ4v) is 9.81. The monoisotopic (exact) mass is 1030 g/mol. The lowest BCUT2D eigenvalue weighted by Gasteiger charge is -2.38. The van der Waals surface area contributed by atoms with Crippen LogP contribution in [0.4, 0.5) is 23.5 Å². The number of phenols is 1. The number of aryl methyl sites for hydroxylation is 1. The molecule has 2 saturated heterocycles. The Bertz CT molecular complexity index is 3180. The largest absolute Gasteiger partial charge is 0.508 e. The first kappa shape index (κ1) is 51.8. The maximum Gasteiger partial charge on any atom is 0.336 e. The summed E-state index contributed by atoms with van der Waals surface area (Å²) < 4.78 is 9.30. The Balaban J connectivity index is 1.00. The highest BCUT2D eigenvalue weighted by Crippen LogP contribution is 2.43. The van der Waals surface area contributed by atoms with Gasteiger partial charge < -0.3 is 50.4 Å². The minimum atomic E-state index is -1.22. The number of aromatic carboxylic acids is 1. The van der Waals surface area contributed by atoms with Gasteiger partial charge in [-0.05, 0) is 86.5 Å². The molecular formula is C52H63N15O8. The molecular weight excluding hydrogens is 963 g/mol. The van der Waals surface area contributed by atoms with E-state index in [4.69, 9.17) is 25.1 Å². The first-order chi connectivity index (χ1) is 36.3. The molecule has 23 heteroatoms. The van der Waals surface area contributed by atoms with E-state index < -0.39 is 18.1 Å². The van der Waals surface area contributed by atoms with Crippen LogP contribution >= 0.6 is 0 Å². The number of hydrogen-bond donors (Lipinski definition) is 5. The van der Waals surface area contributed by atoms with Gasteiger partial charge in [0.25, 0.3) is 0 Å². The molecule has 0 unspecified atom stereocenters. The van der Waals surface area contributed by atoms with Crippen molar-refractivity contribution in [3.8, 4) is 28.2 Å². The Labute approximate surface area is 432 Å². The van der Waals surface area contributed by atoms with E-state index in [1.807, 2.05) is 34.7 Å². The summed E-state index contributed by atoms with van der Waals surface area (Å²) in [4.78, 5) is 76.4. The summed E-state index contributed by atoms with van der Waals surface area (Å²) in [6, 6.07) is 12.6. The molecule has 2 atom stereocenters. The van der Waals surface area contributed by atoms with Crippen LogP contribution in [-0.4, -0.2) is 153 Å². The third kappa shape index (κ3) is 11.5. The highest BCUT2D eigenvalue weighted by atomic mass is 16.4. The average molecular weight is 1030 g/mol. The van der Waals surface area contributed by atoms with Gasteiger partial charge in [-0.3, -0.25) is 14.4 Å². The van der Waals surface area contributed by atoms with Crippen LogP contribution in [-0.2, 0) is 22.4 Å². The van der Waals surface area contributed by atoms with Gasteiger partial charge in [0.15, 0.2) is 5.43 Å². The molecule has 0 spiro atoms. The number of nitrogens with two attached hydrogens (primary N) is 1. The number of benzene rings is 3. The van der Waals surface area contributed by atoms with Crippen LogP contribution in [0.1, 0.15) is 86.7 Å². The number of amides is 2. The maximum absolute atomic E-state index is 14.3. The number of hydrogen-bond acceptors (Lipinski definition) is 18. The normalized spacial score (nSPS) is 15.0. The van der Waals surface area contributed by atoms with Crippen molar-refractivity contribution >= 4 is 52.3 Å². The Kier molecular flexibility index (Phi) is 15.9. The van der Waals surface area contributed by atoms with Crippen molar-refractivity contribution in [1.29, 1.82) is 0 Å². The van der Waals surface area contributed by atoms with Crippen LogP contribution in [0.2, 0.25) is 0 Å². The van der Waals surface area contributed by atoms with Crippen LogP contribution in [0.3, 0.4) is 0 Å². The van der Waals surface area contributed by atoms with Crippen LogP contribution in [0.15, 0.2) is 76.2 Å². The van der Waals surface area contributed by atoms with Crippen LogP contribution in [0.5, 0.6) is 5.75 Å². The number of aliphatic hydroxyl groups is 1. The summed E-state index contributed by atoms with van der Waals surface area (Å²) in [5.74, 6) is -0.475. The van der Waals surface area contributed by atoms with Crippen LogP contribution in [0, 0.1) is 5.92 Å². The molecule has 75 heavy (non-hydrogen) atoms. The molecule has 3 aliphatic heterocycles. The van der Waals surface area contributed by atoms with Gasteiger partial charge in [0.1, 0.15) is 29.2 Å². The van der Waals surface area contributed by atoms with Gasteiger partial charge in [-0.15, -0.1) is 10.2 Å².